The Kier molecular flexibility index (Phi) is 25.2. The number of rotatable bonds is 28. The van der Waals surface area contributed by atoms with Crippen LogP contribution < -0.4 is 0 Å². The zero-order valence-corrected chi connectivity index (χ0v) is 23.9. The Morgan fingerprint density at radius 3 is 1.00 bits per heavy atom. The molecule has 0 atom stereocenters. The van der Waals surface area contributed by atoms with Gasteiger partial charge in [-0.3, -0.25) is 4.79 Å². The fraction of sp³-hybridized carbons (Fsp3) is 0.969. The van der Waals surface area contributed by atoms with E-state index in [2.05, 4.69) is 20.8 Å². The van der Waals surface area contributed by atoms with Crippen molar-refractivity contribution in [2.75, 3.05) is 0 Å². The molecule has 0 aliphatic carbocycles. The molecule has 34 heavy (non-hydrogen) atoms. The molecule has 204 valence electrons. The summed E-state index contributed by atoms with van der Waals surface area (Å²) in [7, 11) is 0. The molecule has 0 amide bonds. The van der Waals surface area contributed by atoms with E-state index in [4.69, 9.17) is 5.11 Å². The summed E-state index contributed by atoms with van der Waals surface area (Å²) in [6.07, 6.45) is 36.1. The molecule has 2 nitrogen and oxygen atoms in total. The van der Waals surface area contributed by atoms with E-state index in [1.54, 1.807) is 0 Å². The van der Waals surface area contributed by atoms with Crippen LogP contribution in [0, 0.1) is 5.41 Å². The molecule has 0 unspecified atom stereocenters. The van der Waals surface area contributed by atoms with Crippen molar-refractivity contribution in [3.8, 4) is 0 Å². The topological polar surface area (TPSA) is 37.3 Å². The fourth-order valence-electron chi connectivity index (χ4n) is 5.72. The quantitative estimate of drug-likeness (QED) is 0.113. The number of carboxylic acids is 1. The van der Waals surface area contributed by atoms with Crippen LogP contribution in [0.5, 0.6) is 0 Å². The van der Waals surface area contributed by atoms with E-state index in [0.717, 1.165) is 12.8 Å². The lowest BCUT2D eigenvalue weighted by molar-refractivity contribution is -0.137. The first-order valence-corrected chi connectivity index (χ1v) is 15.8. The third kappa shape index (κ3) is 22.0. The predicted octanol–water partition coefficient (Wildman–Crippen LogP) is 11.6. The van der Waals surface area contributed by atoms with Crippen LogP contribution in [0.15, 0.2) is 0 Å². The van der Waals surface area contributed by atoms with Crippen LogP contribution in [0.4, 0.5) is 0 Å². The average molecular weight is 481 g/mol. The second-order valence-corrected chi connectivity index (χ2v) is 11.4. The number of hydrogen-bond donors (Lipinski definition) is 1. The second-order valence-electron chi connectivity index (χ2n) is 11.4. The van der Waals surface area contributed by atoms with Gasteiger partial charge in [0.05, 0.1) is 0 Å². The first kappa shape index (κ1) is 33.5. The number of hydrogen-bond acceptors (Lipinski definition) is 1. The van der Waals surface area contributed by atoms with Gasteiger partial charge >= 0.3 is 5.97 Å². The van der Waals surface area contributed by atoms with E-state index in [-0.39, 0.29) is 0 Å². The van der Waals surface area contributed by atoms with Crippen molar-refractivity contribution < 1.29 is 9.90 Å². The number of aliphatic carboxylic acids is 1. The van der Waals surface area contributed by atoms with Crippen LogP contribution in [0.25, 0.3) is 0 Å². The summed E-state index contributed by atoms with van der Waals surface area (Å²) in [5.74, 6) is -0.643. The first-order valence-electron chi connectivity index (χ1n) is 15.8. The molecule has 0 radical (unpaired) electrons. The maximum Gasteiger partial charge on any atom is 0.303 e. The van der Waals surface area contributed by atoms with Gasteiger partial charge in [0.25, 0.3) is 0 Å². The zero-order chi connectivity index (χ0) is 25.2. The summed E-state index contributed by atoms with van der Waals surface area (Å²) in [6, 6.07) is 0. The van der Waals surface area contributed by atoms with E-state index in [1.165, 1.54) is 154 Å². The minimum atomic E-state index is -0.643. The van der Waals surface area contributed by atoms with Crippen molar-refractivity contribution in [2.24, 2.45) is 5.41 Å². The van der Waals surface area contributed by atoms with Gasteiger partial charge < -0.3 is 5.11 Å². The van der Waals surface area contributed by atoms with Crippen LogP contribution in [0.3, 0.4) is 0 Å². The molecule has 0 aliphatic rings. The third-order valence-corrected chi connectivity index (χ3v) is 8.03. The number of unbranched alkanes of at least 4 members (excludes halogenated alkanes) is 18. The summed E-state index contributed by atoms with van der Waals surface area (Å²) in [4.78, 5) is 10.6. The summed E-state index contributed by atoms with van der Waals surface area (Å²) in [5, 5.41) is 8.77. The van der Waals surface area contributed by atoms with Crippen molar-refractivity contribution in [2.45, 2.75) is 194 Å². The molecular formula is C32H64O2. The molecule has 1 N–H and O–H groups in total. The minimum absolute atomic E-state index is 0.345. The molecule has 0 spiro atoms. The predicted molar refractivity (Wildman–Crippen MR) is 152 cm³/mol. The lowest BCUT2D eigenvalue weighted by Crippen LogP contribution is -2.21. The van der Waals surface area contributed by atoms with Gasteiger partial charge in [0.1, 0.15) is 0 Å². The van der Waals surface area contributed by atoms with Crippen LogP contribution in [-0.2, 0) is 4.79 Å². The Hall–Kier alpha value is -0.530. The SMILES string of the molecule is CCCCCCCC(CCCCCCC)(CCCCCCC)CCCCCCCCCC(=O)O. The van der Waals surface area contributed by atoms with Crippen molar-refractivity contribution in [3.05, 3.63) is 0 Å². The minimum Gasteiger partial charge on any atom is -0.481 e. The van der Waals surface area contributed by atoms with Crippen LogP contribution in [-0.4, -0.2) is 11.1 Å². The van der Waals surface area contributed by atoms with Crippen molar-refractivity contribution in [1.82, 2.24) is 0 Å². The van der Waals surface area contributed by atoms with Gasteiger partial charge in [0.15, 0.2) is 0 Å². The van der Waals surface area contributed by atoms with Gasteiger partial charge in [0, 0.05) is 6.42 Å². The standard InChI is InChI=1S/C32H64O2/c1-4-7-10-17-22-27-32(28-23-18-11-8-5-2,29-24-19-12-9-6-3)30-25-20-15-13-14-16-21-26-31(33)34/h4-30H2,1-3H3,(H,33,34). The number of carboxylic acid groups (broad SMARTS) is 1. The highest BCUT2D eigenvalue weighted by Crippen LogP contribution is 2.42. The molecule has 0 fully saturated rings. The Morgan fingerprint density at radius 1 is 0.441 bits per heavy atom. The van der Waals surface area contributed by atoms with E-state index in [1.807, 2.05) is 0 Å². The monoisotopic (exact) mass is 480 g/mol. The largest absolute Gasteiger partial charge is 0.481 e. The Bertz CT molecular complexity index is 381. The molecule has 0 saturated carbocycles. The molecule has 0 bridgehead atoms. The third-order valence-electron chi connectivity index (χ3n) is 8.03. The van der Waals surface area contributed by atoms with Gasteiger partial charge in [-0.2, -0.15) is 0 Å². The maximum atomic E-state index is 10.6. The molecule has 0 aromatic rings. The highest BCUT2D eigenvalue weighted by Gasteiger charge is 2.28. The Labute approximate surface area is 215 Å². The molecule has 0 aromatic carbocycles. The fourth-order valence-corrected chi connectivity index (χ4v) is 5.72. The molecule has 0 saturated heterocycles. The summed E-state index contributed by atoms with van der Waals surface area (Å²) < 4.78 is 0. The number of carbonyl (C=O) groups is 1. The smallest absolute Gasteiger partial charge is 0.303 e. The Morgan fingerprint density at radius 2 is 0.706 bits per heavy atom. The van der Waals surface area contributed by atoms with Gasteiger partial charge in [-0.05, 0) is 37.5 Å². The van der Waals surface area contributed by atoms with Crippen LogP contribution in [0.1, 0.15) is 194 Å². The summed E-state index contributed by atoms with van der Waals surface area (Å²) in [6.45, 7) is 6.97. The molecular weight excluding hydrogens is 416 g/mol. The van der Waals surface area contributed by atoms with Gasteiger partial charge in [-0.15, -0.1) is 0 Å². The van der Waals surface area contributed by atoms with Crippen LogP contribution in [0.2, 0.25) is 0 Å². The maximum absolute atomic E-state index is 10.6. The molecule has 0 aromatic heterocycles. The van der Waals surface area contributed by atoms with Crippen LogP contribution >= 0.6 is 0 Å². The van der Waals surface area contributed by atoms with Crippen molar-refractivity contribution in [3.63, 3.8) is 0 Å². The lowest BCUT2D eigenvalue weighted by atomic mass is 9.70. The van der Waals surface area contributed by atoms with E-state index < -0.39 is 5.97 Å². The highest BCUT2D eigenvalue weighted by atomic mass is 16.4. The van der Waals surface area contributed by atoms with Crippen molar-refractivity contribution >= 4 is 5.97 Å². The van der Waals surface area contributed by atoms with E-state index in [9.17, 15) is 4.79 Å². The lowest BCUT2D eigenvalue weighted by Gasteiger charge is -2.35. The normalized spacial score (nSPS) is 11.9. The van der Waals surface area contributed by atoms with Gasteiger partial charge in [0.2, 0.25) is 0 Å². The highest BCUT2D eigenvalue weighted by molar-refractivity contribution is 5.66. The Balaban J connectivity index is 4.62. The molecule has 0 rings (SSSR count). The van der Waals surface area contributed by atoms with Crippen molar-refractivity contribution in [1.29, 1.82) is 0 Å². The summed E-state index contributed by atoms with van der Waals surface area (Å²) >= 11 is 0. The van der Waals surface area contributed by atoms with E-state index in [0.29, 0.717) is 11.8 Å². The van der Waals surface area contributed by atoms with Gasteiger partial charge in [-0.1, -0.05) is 156 Å². The first-order chi connectivity index (χ1) is 16.6. The average Bonchev–Trinajstić information content (AvgIpc) is 2.82. The molecule has 0 aliphatic heterocycles. The molecule has 2 heteroatoms. The molecule has 0 heterocycles. The van der Waals surface area contributed by atoms with E-state index >= 15 is 0 Å². The second kappa shape index (κ2) is 25.6. The van der Waals surface area contributed by atoms with Gasteiger partial charge in [-0.25, -0.2) is 0 Å². The zero-order valence-electron chi connectivity index (χ0n) is 23.9. The summed E-state index contributed by atoms with van der Waals surface area (Å²) in [5.41, 5.74) is 0.617.